The summed E-state index contributed by atoms with van der Waals surface area (Å²) in [5.74, 6) is 2.16. The second-order valence-electron chi connectivity index (χ2n) is 7.10. The third-order valence-corrected chi connectivity index (χ3v) is 4.93. The number of imidazole rings is 1. The zero-order valence-electron chi connectivity index (χ0n) is 15.9. The van der Waals surface area contributed by atoms with Crippen molar-refractivity contribution in [3.63, 3.8) is 0 Å². The molecule has 1 amide bonds. The minimum Gasteiger partial charge on any atom is -0.497 e. The molecule has 6 nitrogen and oxygen atoms in total. The second kappa shape index (κ2) is 8.36. The number of aromatic nitrogens is 2. The van der Waals surface area contributed by atoms with Gasteiger partial charge in [0.15, 0.2) is 0 Å². The van der Waals surface area contributed by atoms with Gasteiger partial charge in [-0.15, -0.1) is 0 Å². The van der Waals surface area contributed by atoms with Crippen molar-refractivity contribution < 1.29 is 9.53 Å². The number of rotatable bonds is 6. The van der Waals surface area contributed by atoms with E-state index in [4.69, 9.17) is 4.74 Å². The van der Waals surface area contributed by atoms with Gasteiger partial charge in [-0.05, 0) is 45.1 Å². The number of likely N-dealkylation sites (N-methyl/N-ethyl adjacent to an activating group) is 1. The Hall–Kier alpha value is -2.34. The lowest BCUT2D eigenvalue weighted by Gasteiger charge is -2.33. The number of benzene rings is 1. The van der Waals surface area contributed by atoms with E-state index >= 15 is 0 Å². The summed E-state index contributed by atoms with van der Waals surface area (Å²) in [6.07, 6.45) is 5.98. The van der Waals surface area contributed by atoms with E-state index in [1.54, 1.807) is 7.11 Å². The van der Waals surface area contributed by atoms with E-state index in [2.05, 4.69) is 28.5 Å². The van der Waals surface area contributed by atoms with Crippen molar-refractivity contribution in [2.75, 3.05) is 40.8 Å². The first-order valence-electron chi connectivity index (χ1n) is 9.17. The third kappa shape index (κ3) is 4.25. The number of amides is 1. The average Bonchev–Trinajstić information content (AvgIpc) is 3.14. The molecule has 1 aliphatic rings. The van der Waals surface area contributed by atoms with Gasteiger partial charge in [0.25, 0.3) is 5.91 Å². The van der Waals surface area contributed by atoms with Crippen molar-refractivity contribution >= 4 is 5.91 Å². The number of ether oxygens (including phenoxy) is 1. The highest BCUT2D eigenvalue weighted by atomic mass is 16.5. The maximum Gasteiger partial charge on any atom is 0.254 e. The van der Waals surface area contributed by atoms with Crippen LogP contribution in [0.5, 0.6) is 5.75 Å². The van der Waals surface area contributed by atoms with Crippen LogP contribution >= 0.6 is 0 Å². The Kier molecular flexibility index (Phi) is 5.93. The van der Waals surface area contributed by atoms with E-state index in [0.29, 0.717) is 11.3 Å². The van der Waals surface area contributed by atoms with Crippen molar-refractivity contribution in [2.24, 2.45) is 0 Å². The van der Waals surface area contributed by atoms with Crippen LogP contribution in [-0.4, -0.2) is 66.1 Å². The first-order valence-corrected chi connectivity index (χ1v) is 9.17. The fourth-order valence-electron chi connectivity index (χ4n) is 3.49. The van der Waals surface area contributed by atoms with Gasteiger partial charge in [-0.2, -0.15) is 0 Å². The molecule has 0 aliphatic carbocycles. The molecule has 3 rings (SSSR count). The number of nitrogens with zero attached hydrogens (tertiary/aromatic N) is 4. The minimum atomic E-state index is 0.0694. The molecule has 1 atom stereocenters. The number of hydrogen-bond acceptors (Lipinski definition) is 4. The zero-order chi connectivity index (χ0) is 18.5. The Morgan fingerprint density at radius 1 is 1.38 bits per heavy atom. The van der Waals surface area contributed by atoms with Crippen molar-refractivity contribution in [3.8, 4) is 5.75 Å². The molecule has 0 saturated carbocycles. The van der Waals surface area contributed by atoms with E-state index in [0.717, 1.165) is 44.8 Å². The summed E-state index contributed by atoms with van der Waals surface area (Å²) in [5.41, 5.74) is 0.681. The molecular weight excluding hydrogens is 328 g/mol. The van der Waals surface area contributed by atoms with Gasteiger partial charge in [0.2, 0.25) is 0 Å². The molecule has 2 aromatic rings. The molecule has 26 heavy (non-hydrogen) atoms. The van der Waals surface area contributed by atoms with Crippen LogP contribution < -0.4 is 4.74 Å². The van der Waals surface area contributed by atoms with Crippen LogP contribution in [0.3, 0.4) is 0 Å². The van der Waals surface area contributed by atoms with E-state index in [-0.39, 0.29) is 11.8 Å². The van der Waals surface area contributed by atoms with Gasteiger partial charge < -0.3 is 19.1 Å². The largest absolute Gasteiger partial charge is 0.497 e. The van der Waals surface area contributed by atoms with E-state index in [1.807, 2.05) is 41.6 Å². The number of carbonyl (C=O) groups is 1. The van der Waals surface area contributed by atoms with Crippen molar-refractivity contribution in [1.29, 1.82) is 0 Å². The summed E-state index contributed by atoms with van der Waals surface area (Å²) in [4.78, 5) is 21.6. The molecule has 2 heterocycles. The SMILES string of the molecule is COc1cccc(C(=O)N2CCCC(c3nccn3CCN(C)C)C2)c1. The zero-order valence-corrected chi connectivity index (χ0v) is 15.9. The summed E-state index contributed by atoms with van der Waals surface area (Å²) in [6, 6.07) is 7.38. The molecule has 0 spiro atoms. The molecule has 1 aromatic carbocycles. The lowest BCUT2D eigenvalue weighted by Crippen LogP contribution is -2.39. The first kappa shape index (κ1) is 18.5. The first-order chi connectivity index (χ1) is 12.6. The number of carbonyl (C=O) groups excluding carboxylic acids is 1. The van der Waals surface area contributed by atoms with Gasteiger partial charge in [-0.25, -0.2) is 4.98 Å². The van der Waals surface area contributed by atoms with Crippen LogP contribution in [0.4, 0.5) is 0 Å². The van der Waals surface area contributed by atoms with Gasteiger partial charge in [-0.3, -0.25) is 4.79 Å². The predicted octanol–water partition coefficient (Wildman–Crippen LogP) is 2.47. The minimum absolute atomic E-state index is 0.0694. The monoisotopic (exact) mass is 356 g/mol. The quantitative estimate of drug-likeness (QED) is 0.798. The molecule has 1 aromatic heterocycles. The molecular formula is C20H28N4O2. The fourth-order valence-corrected chi connectivity index (χ4v) is 3.49. The fraction of sp³-hybridized carbons (Fsp3) is 0.500. The van der Waals surface area contributed by atoms with Crippen molar-refractivity contribution in [1.82, 2.24) is 19.4 Å². The number of hydrogen-bond donors (Lipinski definition) is 0. The van der Waals surface area contributed by atoms with E-state index < -0.39 is 0 Å². The Morgan fingerprint density at radius 3 is 3.00 bits per heavy atom. The molecule has 1 unspecified atom stereocenters. The van der Waals surface area contributed by atoms with Crippen LogP contribution in [0.1, 0.15) is 34.9 Å². The third-order valence-electron chi connectivity index (χ3n) is 4.93. The van der Waals surface area contributed by atoms with Crippen LogP contribution in [0.25, 0.3) is 0 Å². The average molecular weight is 356 g/mol. The standard InChI is InChI=1S/C20H28N4O2/c1-22(2)12-13-23-11-9-21-19(23)17-7-5-10-24(15-17)20(25)16-6-4-8-18(14-16)26-3/h4,6,8-9,11,14,17H,5,7,10,12-13,15H2,1-3H3. The van der Waals surface area contributed by atoms with E-state index in [9.17, 15) is 4.79 Å². The number of likely N-dealkylation sites (tertiary alicyclic amines) is 1. The van der Waals surface area contributed by atoms with Gasteiger partial charge in [-0.1, -0.05) is 6.07 Å². The smallest absolute Gasteiger partial charge is 0.254 e. The Bertz CT molecular complexity index is 741. The lowest BCUT2D eigenvalue weighted by molar-refractivity contribution is 0.0703. The molecule has 6 heteroatoms. The Balaban J connectivity index is 1.71. The van der Waals surface area contributed by atoms with Crippen LogP contribution in [0.2, 0.25) is 0 Å². The molecule has 1 fully saturated rings. The summed E-state index contributed by atoms with van der Waals surface area (Å²) in [6.45, 7) is 3.41. The highest BCUT2D eigenvalue weighted by molar-refractivity contribution is 5.94. The van der Waals surface area contributed by atoms with Crippen LogP contribution in [0.15, 0.2) is 36.7 Å². The summed E-state index contributed by atoms with van der Waals surface area (Å²) in [5, 5.41) is 0. The topological polar surface area (TPSA) is 50.6 Å². The van der Waals surface area contributed by atoms with Crippen LogP contribution in [0, 0.1) is 0 Å². The molecule has 140 valence electrons. The van der Waals surface area contributed by atoms with Crippen LogP contribution in [-0.2, 0) is 6.54 Å². The Morgan fingerprint density at radius 2 is 2.23 bits per heavy atom. The summed E-state index contributed by atoms with van der Waals surface area (Å²) < 4.78 is 7.47. The predicted molar refractivity (Wildman–Crippen MR) is 102 cm³/mol. The number of methoxy groups -OCH3 is 1. The molecule has 0 bridgehead atoms. The summed E-state index contributed by atoms with van der Waals surface area (Å²) >= 11 is 0. The normalized spacial score (nSPS) is 17.5. The Labute approximate surface area is 155 Å². The highest BCUT2D eigenvalue weighted by Gasteiger charge is 2.28. The highest BCUT2D eigenvalue weighted by Crippen LogP contribution is 2.27. The molecule has 0 radical (unpaired) electrons. The molecule has 0 N–H and O–H groups in total. The van der Waals surface area contributed by atoms with Gasteiger partial charge in [0.1, 0.15) is 11.6 Å². The van der Waals surface area contributed by atoms with Crippen molar-refractivity contribution in [3.05, 3.63) is 48.0 Å². The van der Waals surface area contributed by atoms with Gasteiger partial charge in [0, 0.05) is 50.1 Å². The molecule has 1 saturated heterocycles. The van der Waals surface area contributed by atoms with E-state index in [1.165, 1.54) is 0 Å². The van der Waals surface area contributed by atoms with Crippen molar-refractivity contribution in [2.45, 2.75) is 25.3 Å². The maximum atomic E-state index is 12.9. The number of piperidine rings is 1. The lowest BCUT2D eigenvalue weighted by atomic mass is 9.96. The second-order valence-corrected chi connectivity index (χ2v) is 7.10. The maximum absolute atomic E-state index is 12.9. The molecule has 1 aliphatic heterocycles. The van der Waals surface area contributed by atoms with Gasteiger partial charge >= 0.3 is 0 Å². The van der Waals surface area contributed by atoms with Gasteiger partial charge in [0.05, 0.1) is 7.11 Å². The summed E-state index contributed by atoms with van der Waals surface area (Å²) in [7, 11) is 5.77.